The summed E-state index contributed by atoms with van der Waals surface area (Å²) in [5.41, 5.74) is 5.58. The van der Waals surface area contributed by atoms with Gasteiger partial charge in [-0.25, -0.2) is 4.98 Å². The lowest BCUT2D eigenvalue weighted by Crippen LogP contribution is -2.26. The highest BCUT2D eigenvalue weighted by Crippen LogP contribution is 2.32. The topological polar surface area (TPSA) is 63.8 Å². The zero-order valence-electron chi connectivity index (χ0n) is 9.11. The molecule has 0 radical (unpaired) electrons. The minimum atomic E-state index is 0.310. The SMILES string of the molecule is CSC1CCCC1Nc1nc(N)ncc1Br. The molecule has 2 unspecified atom stereocenters. The summed E-state index contributed by atoms with van der Waals surface area (Å²) in [6, 6.07) is 0.487. The zero-order valence-corrected chi connectivity index (χ0v) is 11.5. The van der Waals surface area contributed by atoms with Gasteiger partial charge in [0.05, 0.1) is 4.47 Å². The number of nitrogen functional groups attached to an aromatic ring is 1. The molecular formula is C10H15BrN4S. The normalized spacial score (nSPS) is 24.6. The Labute approximate surface area is 108 Å². The Morgan fingerprint density at radius 2 is 2.38 bits per heavy atom. The van der Waals surface area contributed by atoms with E-state index in [9.17, 15) is 0 Å². The van der Waals surface area contributed by atoms with Crippen molar-refractivity contribution in [1.29, 1.82) is 0 Å². The van der Waals surface area contributed by atoms with Crippen LogP contribution in [0.25, 0.3) is 0 Å². The third kappa shape index (κ3) is 2.60. The third-order valence-corrected chi connectivity index (χ3v) is 4.59. The highest BCUT2D eigenvalue weighted by molar-refractivity contribution is 9.10. The van der Waals surface area contributed by atoms with Crippen LogP contribution in [-0.4, -0.2) is 27.5 Å². The summed E-state index contributed by atoms with van der Waals surface area (Å²) < 4.78 is 0.869. The molecule has 0 spiro atoms. The van der Waals surface area contributed by atoms with Gasteiger partial charge in [-0.3, -0.25) is 0 Å². The smallest absolute Gasteiger partial charge is 0.221 e. The molecular weight excluding hydrogens is 288 g/mol. The minimum Gasteiger partial charge on any atom is -0.368 e. The van der Waals surface area contributed by atoms with Gasteiger partial charge in [-0.1, -0.05) is 6.42 Å². The first-order valence-corrected chi connectivity index (χ1v) is 7.36. The lowest BCUT2D eigenvalue weighted by molar-refractivity contribution is 0.762. The van der Waals surface area contributed by atoms with Crippen LogP contribution in [0.1, 0.15) is 19.3 Å². The Hall–Kier alpha value is -0.490. The maximum atomic E-state index is 5.58. The monoisotopic (exact) mass is 302 g/mol. The van der Waals surface area contributed by atoms with Gasteiger partial charge >= 0.3 is 0 Å². The fourth-order valence-electron chi connectivity index (χ4n) is 2.03. The molecule has 1 fully saturated rings. The molecule has 1 saturated carbocycles. The van der Waals surface area contributed by atoms with Gasteiger partial charge in [-0.05, 0) is 35.0 Å². The van der Waals surface area contributed by atoms with E-state index in [1.165, 1.54) is 19.3 Å². The third-order valence-electron chi connectivity index (χ3n) is 2.84. The van der Waals surface area contributed by atoms with Crippen LogP contribution in [0.3, 0.4) is 0 Å². The number of halogens is 1. The number of nitrogens with one attached hydrogen (secondary N) is 1. The average Bonchev–Trinajstić information content (AvgIpc) is 2.71. The van der Waals surface area contributed by atoms with Gasteiger partial charge in [-0.15, -0.1) is 0 Å². The standard InChI is InChI=1S/C10H15BrN4S/c1-16-8-4-2-3-7(8)14-9-6(11)5-13-10(12)15-9/h5,7-8H,2-4H2,1H3,(H3,12,13,14,15). The van der Waals surface area contributed by atoms with Crippen molar-refractivity contribution < 1.29 is 0 Å². The molecule has 16 heavy (non-hydrogen) atoms. The molecule has 1 aliphatic carbocycles. The first-order chi connectivity index (χ1) is 7.70. The summed E-state index contributed by atoms with van der Waals surface area (Å²) in [5.74, 6) is 1.11. The van der Waals surface area contributed by atoms with E-state index in [2.05, 4.69) is 37.5 Å². The van der Waals surface area contributed by atoms with Gasteiger partial charge in [0, 0.05) is 17.5 Å². The maximum Gasteiger partial charge on any atom is 0.221 e. The summed E-state index contributed by atoms with van der Waals surface area (Å²) in [7, 11) is 0. The zero-order chi connectivity index (χ0) is 11.5. The summed E-state index contributed by atoms with van der Waals surface area (Å²) in [6.07, 6.45) is 7.60. The van der Waals surface area contributed by atoms with Gasteiger partial charge in [0.2, 0.25) is 5.95 Å². The summed E-state index contributed by atoms with van der Waals surface area (Å²) in [4.78, 5) is 8.13. The number of hydrogen-bond acceptors (Lipinski definition) is 5. The van der Waals surface area contributed by atoms with Crippen LogP contribution < -0.4 is 11.1 Å². The lowest BCUT2D eigenvalue weighted by atomic mass is 10.2. The molecule has 88 valence electrons. The van der Waals surface area contributed by atoms with Crippen molar-refractivity contribution in [3.63, 3.8) is 0 Å². The van der Waals surface area contributed by atoms with Crippen molar-refractivity contribution in [2.45, 2.75) is 30.6 Å². The fourth-order valence-corrected chi connectivity index (χ4v) is 3.27. The summed E-state index contributed by atoms with van der Waals surface area (Å²) in [5, 5.41) is 4.12. The van der Waals surface area contributed by atoms with E-state index in [1.54, 1.807) is 6.20 Å². The van der Waals surface area contributed by atoms with E-state index >= 15 is 0 Å². The van der Waals surface area contributed by atoms with Crippen LogP contribution in [0, 0.1) is 0 Å². The second-order valence-electron chi connectivity index (χ2n) is 3.88. The Morgan fingerprint density at radius 1 is 1.56 bits per heavy atom. The largest absolute Gasteiger partial charge is 0.368 e. The van der Waals surface area contributed by atoms with E-state index in [1.807, 2.05) is 11.8 Å². The number of thioether (sulfide) groups is 1. The molecule has 6 heteroatoms. The average molecular weight is 303 g/mol. The van der Waals surface area contributed by atoms with Gasteiger partial charge in [-0.2, -0.15) is 16.7 Å². The Kier molecular flexibility index (Phi) is 3.91. The van der Waals surface area contributed by atoms with E-state index < -0.39 is 0 Å². The molecule has 0 amide bonds. The predicted molar refractivity (Wildman–Crippen MR) is 72.7 cm³/mol. The number of nitrogens with two attached hydrogens (primary N) is 1. The first-order valence-electron chi connectivity index (χ1n) is 5.28. The second kappa shape index (κ2) is 5.23. The molecule has 0 bridgehead atoms. The van der Waals surface area contributed by atoms with Crippen molar-refractivity contribution in [3.05, 3.63) is 10.7 Å². The van der Waals surface area contributed by atoms with Crippen LogP contribution in [0.15, 0.2) is 10.7 Å². The van der Waals surface area contributed by atoms with Gasteiger partial charge in [0.1, 0.15) is 5.82 Å². The van der Waals surface area contributed by atoms with Crippen molar-refractivity contribution in [2.24, 2.45) is 0 Å². The van der Waals surface area contributed by atoms with Crippen LogP contribution in [0.5, 0.6) is 0 Å². The van der Waals surface area contributed by atoms with Crippen LogP contribution in [0.2, 0.25) is 0 Å². The molecule has 2 atom stereocenters. The molecule has 1 aromatic heterocycles. The van der Waals surface area contributed by atoms with Crippen molar-refractivity contribution in [1.82, 2.24) is 9.97 Å². The summed E-state index contributed by atoms with van der Waals surface area (Å²) >= 11 is 5.35. The number of anilines is 2. The number of rotatable bonds is 3. The van der Waals surface area contributed by atoms with E-state index in [4.69, 9.17) is 5.73 Å². The molecule has 2 rings (SSSR count). The number of nitrogens with zero attached hydrogens (tertiary/aromatic N) is 2. The minimum absolute atomic E-state index is 0.310. The molecule has 3 N–H and O–H groups in total. The van der Waals surface area contributed by atoms with E-state index in [0.717, 1.165) is 10.3 Å². The second-order valence-corrected chi connectivity index (χ2v) is 5.81. The number of aromatic nitrogens is 2. The van der Waals surface area contributed by atoms with Crippen LogP contribution >= 0.6 is 27.7 Å². The van der Waals surface area contributed by atoms with Crippen molar-refractivity contribution in [3.8, 4) is 0 Å². The molecule has 0 saturated heterocycles. The van der Waals surface area contributed by atoms with Crippen molar-refractivity contribution >= 4 is 39.5 Å². The Morgan fingerprint density at radius 3 is 3.12 bits per heavy atom. The molecule has 1 heterocycles. The molecule has 0 aliphatic heterocycles. The highest BCUT2D eigenvalue weighted by atomic mass is 79.9. The summed E-state index contributed by atoms with van der Waals surface area (Å²) in [6.45, 7) is 0. The molecule has 1 aliphatic rings. The molecule has 1 aromatic rings. The lowest BCUT2D eigenvalue weighted by Gasteiger charge is -2.20. The van der Waals surface area contributed by atoms with Crippen LogP contribution in [0.4, 0.5) is 11.8 Å². The maximum absolute atomic E-state index is 5.58. The van der Waals surface area contributed by atoms with Crippen LogP contribution in [-0.2, 0) is 0 Å². The van der Waals surface area contributed by atoms with Gasteiger partial charge in [0.25, 0.3) is 0 Å². The molecule has 0 aromatic carbocycles. The van der Waals surface area contributed by atoms with E-state index in [-0.39, 0.29) is 0 Å². The van der Waals surface area contributed by atoms with Crippen molar-refractivity contribution in [2.75, 3.05) is 17.3 Å². The Balaban J connectivity index is 2.11. The number of hydrogen-bond donors (Lipinski definition) is 2. The predicted octanol–water partition coefficient (Wildman–Crippen LogP) is 2.52. The quantitative estimate of drug-likeness (QED) is 0.898. The highest BCUT2D eigenvalue weighted by Gasteiger charge is 2.27. The Bertz CT molecular complexity index is 374. The molecule has 4 nitrogen and oxygen atoms in total. The van der Waals surface area contributed by atoms with Gasteiger partial charge < -0.3 is 11.1 Å². The fraction of sp³-hybridized carbons (Fsp3) is 0.600. The van der Waals surface area contributed by atoms with E-state index in [0.29, 0.717) is 17.2 Å². The van der Waals surface area contributed by atoms with Gasteiger partial charge in [0.15, 0.2) is 0 Å². The first kappa shape index (κ1) is 12.0.